The Hall–Kier alpha value is -2.61. The second-order valence-electron chi connectivity index (χ2n) is 4.63. The molecule has 1 aromatic heterocycles. The van der Waals surface area contributed by atoms with Crippen LogP contribution in [0.4, 0.5) is 23.3 Å². The lowest BCUT2D eigenvalue weighted by Gasteiger charge is -2.17. The van der Waals surface area contributed by atoms with Crippen LogP contribution >= 0.6 is 0 Å². The van der Waals surface area contributed by atoms with Gasteiger partial charge >= 0.3 is 6.01 Å². The van der Waals surface area contributed by atoms with E-state index in [0.717, 1.165) is 11.4 Å². The summed E-state index contributed by atoms with van der Waals surface area (Å²) in [5.74, 6) is 5.90. The van der Waals surface area contributed by atoms with E-state index in [2.05, 4.69) is 32.6 Å². The second-order valence-corrected chi connectivity index (χ2v) is 4.63. The zero-order valence-corrected chi connectivity index (χ0v) is 12.5. The van der Waals surface area contributed by atoms with E-state index in [0.29, 0.717) is 5.95 Å². The lowest BCUT2D eigenvalue weighted by Crippen LogP contribution is -2.13. The summed E-state index contributed by atoms with van der Waals surface area (Å²) < 4.78 is 5.01. The minimum absolute atomic E-state index is 0.181. The summed E-state index contributed by atoms with van der Waals surface area (Å²) in [4.78, 5) is 14.2. The number of aryl methyl sites for hydroxylation is 1. The van der Waals surface area contributed by atoms with Gasteiger partial charge in [0.1, 0.15) is 0 Å². The lowest BCUT2D eigenvalue weighted by molar-refractivity contribution is 0.379. The van der Waals surface area contributed by atoms with Crippen molar-refractivity contribution >= 4 is 23.3 Å². The summed E-state index contributed by atoms with van der Waals surface area (Å²) >= 11 is 0. The quantitative estimate of drug-likeness (QED) is 0.559. The van der Waals surface area contributed by atoms with Crippen LogP contribution in [0.2, 0.25) is 0 Å². The summed E-state index contributed by atoms with van der Waals surface area (Å²) in [7, 11) is 5.47. The molecule has 21 heavy (non-hydrogen) atoms. The topological polar surface area (TPSA) is 101 Å². The number of aromatic nitrogens is 3. The molecule has 8 heteroatoms. The van der Waals surface area contributed by atoms with Gasteiger partial charge in [0.15, 0.2) is 0 Å². The minimum atomic E-state index is 0.181. The maximum Gasteiger partial charge on any atom is 0.322 e. The van der Waals surface area contributed by atoms with Crippen LogP contribution in [0, 0.1) is 6.92 Å². The predicted octanol–water partition coefficient (Wildman–Crippen LogP) is 1.28. The van der Waals surface area contributed by atoms with Crippen molar-refractivity contribution in [3.63, 3.8) is 0 Å². The first-order chi connectivity index (χ1) is 10.0. The third kappa shape index (κ3) is 3.48. The molecule has 4 N–H and O–H groups in total. The van der Waals surface area contributed by atoms with Crippen molar-refractivity contribution in [3.8, 4) is 6.01 Å². The standard InChI is InChI=1S/C13H19N7O/c1-8-5-6-9(7-10(8)20(2)3)15-11-16-12(19-14)18-13(17-11)21-4/h5-7H,14H2,1-4H3,(H2,15,16,17,18,19). The summed E-state index contributed by atoms with van der Waals surface area (Å²) in [5, 5.41) is 3.11. The first kappa shape index (κ1) is 14.8. The molecular formula is C13H19N7O. The SMILES string of the molecule is COc1nc(NN)nc(Nc2ccc(C)c(N(C)C)c2)n1. The Labute approximate surface area is 123 Å². The summed E-state index contributed by atoms with van der Waals surface area (Å²) in [6, 6.07) is 6.17. The summed E-state index contributed by atoms with van der Waals surface area (Å²) in [6.45, 7) is 2.06. The van der Waals surface area contributed by atoms with E-state index >= 15 is 0 Å². The zero-order chi connectivity index (χ0) is 15.4. The molecule has 112 valence electrons. The summed E-state index contributed by atoms with van der Waals surface area (Å²) in [5.41, 5.74) is 5.53. The van der Waals surface area contributed by atoms with Gasteiger partial charge in [0.25, 0.3) is 0 Å². The number of nitrogen functional groups attached to an aromatic ring is 1. The predicted molar refractivity (Wildman–Crippen MR) is 83.0 cm³/mol. The largest absolute Gasteiger partial charge is 0.467 e. The van der Waals surface area contributed by atoms with E-state index in [-0.39, 0.29) is 12.0 Å². The second kappa shape index (κ2) is 6.23. The molecule has 0 bridgehead atoms. The molecule has 1 aromatic carbocycles. The van der Waals surface area contributed by atoms with Crippen LogP contribution in [0.3, 0.4) is 0 Å². The van der Waals surface area contributed by atoms with Crippen molar-refractivity contribution in [3.05, 3.63) is 23.8 Å². The molecule has 0 spiro atoms. The average Bonchev–Trinajstić information content (AvgIpc) is 2.48. The Morgan fingerprint density at radius 3 is 2.48 bits per heavy atom. The highest BCUT2D eigenvalue weighted by Crippen LogP contribution is 2.24. The fourth-order valence-electron chi connectivity index (χ4n) is 1.87. The van der Waals surface area contributed by atoms with Crippen LogP contribution < -0.4 is 26.2 Å². The van der Waals surface area contributed by atoms with Crippen LogP contribution in [0.25, 0.3) is 0 Å². The number of nitrogens with zero attached hydrogens (tertiary/aromatic N) is 4. The van der Waals surface area contributed by atoms with Crippen LogP contribution in [-0.4, -0.2) is 36.2 Å². The molecule has 0 amide bonds. The number of anilines is 4. The van der Waals surface area contributed by atoms with Gasteiger partial charge < -0.3 is 15.0 Å². The number of benzene rings is 1. The van der Waals surface area contributed by atoms with Crippen molar-refractivity contribution in [1.82, 2.24) is 15.0 Å². The van der Waals surface area contributed by atoms with Crippen LogP contribution in [0.15, 0.2) is 18.2 Å². The molecule has 1 heterocycles. The first-order valence-corrected chi connectivity index (χ1v) is 6.35. The number of hydrogen-bond acceptors (Lipinski definition) is 8. The molecule has 0 aliphatic rings. The van der Waals surface area contributed by atoms with Gasteiger partial charge in [0, 0.05) is 25.5 Å². The van der Waals surface area contributed by atoms with Crippen LogP contribution in [0.1, 0.15) is 5.56 Å². The number of nitrogens with two attached hydrogens (primary N) is 1. The third-order valence-corrected chi connectivity index (χ3v) is 2.87. The maximum absolute atomic E-state index is 5.33. The van der Waals surface area contributed by atoms with Crippen molar-refractivity contribution in [2.75, 3.05) is 36.8 Å². The molecule has 2 aromatic rings. The van der Waals surface area contributed by atoms with Gasteiger partial charge in [0.2, 0.25) is 11.9 Å². The van der Waals surface area contributed by atoms with Gasteiger partial charge in [-0.1, -0.05) is 6.07 Å². The van der Waals surface area contributed by atoms with E-state index in [1.807, 2.05) is 37.2 Å². The molecule has 0 radical (unpaired) electrons. The fraction of sp³-hybridized carbons (Fsp3) is 0.308. The number of methoxy groups -OCH3 is 1. The smallest absolute Gasteiger partial charge is 0.322 e. The van der Waals surface area contributed by atoms with Gasteiger partial charge in [-0.2, -0.15) is 15.0 Å². The van der Waals surface area contributed by atoms with Crippen molar-refractivity contribution in [2.45, 2.75) is 6.92 Å². The first-order valence-electron chi connectivity index (χ1n) is 6.35. The van der Waals surface area contributed by atoms with Gasteiger partial charge in [-0.05, 0) is 24.6 Å². The number of nitrogens with one attached hydrogen (secondary N) is 2. The Morgan fingerprint density at radius 2 is 1.86 bits per heavy atom. The number of hydrazine groups is 1. The Morgan fingerprint density at radius 1 is 1.14 bits per heavy atom. The molecule has 0 atom stereocenters. The van der Waals surface area contributed by atoms with E-state index in [4.69, 9.17) is 10.6 Å². The van der Waals surface area contributed by atoms with Crippen molar-refractivity contribution in [1.29, 1.82) is 0 Å². The Kier molecular flexibility index (Phi) is 4.39. The molecule has 0 saturated heterocycles. The molecule has 0 aliphatic carbocycles. The van der Waals surface area contributed by atoms with E-state index < -0.39 is 0 Å². The Balaban J connectivity index is 2.31. The van der Waals surface area contributed by atoms with Crippen molar-refractivity contribution in [2.24, 2.45) is 5.84 Å². The normalized spacial score (nSPS) is 10.1. The highest BCUT2D eigenvalue weighted by molar-refractivity contribution is 5.65. The minimum Gasteiger partial charge on any atom is -0.467 e. The van der Waals surface area contributed by atoms with Gasteiger partial charge in [-0.15, -0.1) is 0 Å². The van der Waals surface area contributed by atoms with Crippen LogP contribution in [-0.2, 0) is 0 Å². The van der Waals surface area contributed by atoms with E-state index in [9.17, 15) is 0 Å². The van der Waals surface area contributed by atoms with Crippen LogP contribution in [0.5, 0.6) is 6.01 Å². The number of hydrogen-bond donors (Lipinski definition) is 3. The highest BCUT2D eigenvalue weighted by Gasteiger charge is 2.08. The van der Waals surface area contributed by atoms with Gasteiger partial charge in [-0.3, -0.25) is 5.43 Å². The molecule has 0 unspecified atom stereocenters. The zero-order valence-electron chi connectivity index (χ0n) is 12.5. The number of rotatable bonds is 5. The van der Waals surface area contributed by atoms with E-state index in [1.165, 1.54) is 12.7 Å². The Bertz CT molecular complexity index is 608. The van der Waals surface area contributed by atoms with Crippen molar-refractivity contribution < 1.29 is 4.74 Å². The molecule has 0 saturated carbocycles. The molecule has 2 rings (SSSR count). The lowest BCUT2D eigenvalue weighted by atomic mass is 10.1. The summed E-state index contributed by atoms with van der Waals surface area (Å²) in [6.07, 6.45) is 0. The molecule has 8 nitrogen and oxygen atoms in total. The average molecular weight is 289 g/mol. The highest BCUT2D eigenvalue weighted by atomic mass is 16.5. The molecule has 0 fully saturated rings. The maximum atomic E-state index is 5.33. The van der Waals surface area contributed by atoms with Gasteiger partial charge in [0.05, 0.1) is 7.11 Å². The monoisotopic (exact) mass is 289 g/mol. The third-order valence-electron chi connectivity index (χ3n) is 2.87. The fourth-order valence-corrected chi connectivity index (χ4v) is 1.87. The number of ether oxygens (including phenoxy) is 1. The molecule has 0 aliphatic heterocycles. The van der Waals surface area contributed by atoms with E-state index in [1.54, 1.807) is 0 Å². The van der Waals surface area contributed by atoms with Gasteiger partial charge in [-0.25, -0.2) is 5.84 Å². The molecular weight excluding hydrogens is 270 g/mol.